The van der Waals surface area contributed by atoms with E-state index in [9.17, 15) is 0 Å². The van der Waals surface area contributed by atoms with Crippen LogP contribution < -0.4 is 9.80 Å². The molecule has 2 aromatic heterocycles. The number of anilines is 2. The molecule has 0 N–H and O–H groups in total. The molecule has 21 heavy (non-hydrogen) atoms. The van der Waals surface area contributed by atoms with E-state index in [0.29, 0.717) is 6.04 Å². The minimum absolute atomic E-state index is 0.376. The first-order valence-corrected chi connectivity index (χ1v) is 7.35. The summed E-state index contributed by atoms with van der Waals surface area (Å²) in [6.45, 7) is 2.98. The van der Waals surface area contributed by atoms with Crippen LogP contribution in [0.1, 0.15) is 30.3 Å². The van der Waals surface area contributed by atoms with Crippen LogP contribution in [0.4, 0.5) is 11.6 Å². The zero-order chi connectivity index (χ0) is 14.8. The van der Waals surface area contributed by atoms with Crippen molar-refractivity contribution in [3.05, 3.63) is 42.0 Å². The molecule has 1 saturated heterocycles. The molecule has 5 heteroatoms. The normalized spacial score (nSPS) is 18.0. The lowest BCUT2D eigenvalue weighted by Crippen LogP contribution is -2.24. The van der Waals surface area contributed by atoms with Crippen molar-refractivity contribution in [3.63, 3.8) is 0 Å². The molecule has 0 radical (unpaired) electrons. The minimum Gasteiger partial charge on any atom is -0.363 e. The first-order valence-electron chi connectivity index (χ1n) is 7.35. The Hall–Kier alpha value is -2.17. The van der Waals surface area contributed by atoms with Gasteiger partial charge in [0.05, 0.1) is 6.04 Å². The first-order chi connectivity index (χ1) is 10.1. The van der Waals surface area contributed by atoms with Crippen LogP contribution in [0.5, 0.6) is 0 Å². The van der Waals surface area contributed by atoms with E-state index >= 15 is 0 Å². The fraction of sp³-hybridized carbons (Fsp3) is 0.438. The highest BCUT2D eigenvalue weighted by atomic mass is 15.2. The molecule has 5 nitrogen and oxygen atoms in total. The average Bonchev–Trinajstić information content (AvgIpc) is 2.97. The Morgan fingerprint density at radius 2 is 2.00 bits per heavy atom. The van der Waals surface area contributed by atoms with Crippen molar-refractivity contribution in [2.75, 3.05) is 30.4 Å². The van der Waals surface area contributed by atoms with Crippen LogP contribution in [0.3, 0.4) is 0 Å². The van der Waals surface area contributed by atoms with Gasteiger partial charge in [0.15, 0.2) is 0 Å². The molecule has 3 heterocycles. The Labute approximate surface area is 125 Å². The Kier molecular flexibility index (Phi) is 3.73. The van der Waals surface area contributed by atoms with Gasteiger partial charge in [0, 0.05) is 33.0 Å². The summed E-state index contributed by atoms with van der Waals surface area (Å²) in [5, 5.41) is 0. The van der Waals surface area contributed by atoms with E-state index in [2.05, 4.69) is 32.0 Å². The van der Waals surface area contributed by atoms with Gasteiger partial charge in [-0.05, 0) is 43.5 Å². The number of rotatable bonds is 3. The maximum absolute atomic E-state index is 4.58. The summed E-state index contributed by atoms with van der Waals surface area (Å²) in [5.74, 6) is 2.84. The van der Waals surface area contributed by atoms with Crippen molar-refractivity contribution in [2.45, 2.75) is 25.8 Å². The molecule has 2 aromatic rings. The monoisotopic (exact) mass is 283 g/mol. The van der Waals surface area contributed by atoms with Gasteiger partial charge < -0.3 is 9.80 Å². The molecule has 0 bridgehead atoms. The highest BCUT2D eigenvalue weighted by molar-refractivity contribution is 5.47. The third-order valence-electron chi connectivity index (χ3n) is 3.92. The van der Waals surface area contributed by atoms with Crippen molar-refractivity contribution in [1.82, 2.24) is 15.0 Å². The van der Waals surface area contributed by atoms with Gasteiger partial charge in [-0.25, -0.2) is 15.0 Å². The van der Waals surface area contributed by atoms with Crippen LogP contribution >= 0.6 is 0 Å². The van der Waals surface area contributed by atoms with E-state index in [0.717, 1.165) is 30.4 Å². The Morgan fingerprint density at radius 1 is 1.19 bits per heavy atom. The highest BCUT2D eigenvalue weighted by Gasteiger charge is 2.27. The summed E-state index contributed by atoms with van der Waals surface area (Å²) >= 11 is 0. The number of nitrogens with zero attached hydrogens (tertiary/aromatic N) is 5. The number of hydrogen-bond acceptors (Lipinski definition) is 5. The second-order valence-electron chi connectivity index (χ2n) is 5.66. The minimum atomic E-state index is 0.376. The molecule has 0 unspecified atom stereocenters. The quantitative estimate of drug-likeness (QED) is 0.866. The highest BCUT2D eigenvalue weighted by Crippen LogP contribution is 2.35. The molecule has 3 rings (SSSR count). The van der Waals surface area contributed by atoms with Crippen LogP contribution in [-0.2, 0) is 0 Å². The van der Waals surface area contributed by atoms with Crippen molar-refractivity contribution in [2.24, 2.45) is 0 Å². The molecule has 0 saturated carbocycles. The summed E-state index contributed by atoms with van der Waals surface area (Å²) in [5.41, 5.74) is 1.31. The van der Waals surface area contributed by atoms with Gasteiger partial charge in [-0.15, -0.1) is 0 Å². The largest absolute Gasteiger partial charge is 0.363 e. The van der Waals surface area contributed by atoms with Crippen LogP contribution in [-0.4, -0.2) is 35.6 Å². The van der Waals surface area contributed by atoms with Gasteiger partial charge in [-0.2, -0.15) is 0 Å². The van der Waals surface area contributed by atoms with Crippen LogP contribution in [0, 0.1) is 6.92 Å². The second-order valence-corrected chi connectivity index (χ2v) is 5.66. The fourth-order valence-corrected chi connectivity index (χ4v) is 2.88. The lowest BCUT2D eigenvalue weighted by Gasteiger charge is -2.26. The SMILES string of the molecule is Cc1nccc(N2CCC[C@@H]2c2ccnc(N(C)C)c2)n1. The van der Waals surface area contributed by atoms with Gasteiger partial charge in [0.1, 0.15) is 17.5 Å². The van der Waals surface area contributed by atoms with Crippen molar-refractivity contribution in [1.29, 1.82) is 0 Å². The van der Waals surface area contributed by atoms with Gasteiger partial charge in [0.25, 0.3) is 0 Å². The summed E-state index contributed by atoms with van der Waals surface area (Å²) in [4.78, 5) is 17.6. The van der Waals surface area contributed by atoms with Gasteiger partial charge in [0.2, 0.25) is 0 Å². The Balaban J connectivity index is 1.92. The zero-order valence-corrected chi connectivity index (χ0v) is 12.8. The van der Waals surface area contributed by atoms with Crippen molar-refractivity contribution >= 4 is 11.6 Å². The molecule has 0 aromatic carbocycles. The molecule has 0 aliphatic carbocycles. The van der Waals surface area contributed by atoms with Gasteiger partial charge in [-0.3, -0.25) is 0 Å². The molecular formula is C16H21N5. The van der Waals surface area contributed by atoms with E-state index < -0.39 is 0 Å². The second kappa shape index (κ2) is 5.68. The van der Waals surface area contributed by atoms with E-state index in [1.165, 1.54) is 12.0 Å². The average molecular weight is 283 g/mol. The molecule has 110 valence electrons. The molecule has 0 spiro atoms. The molecular weight excluding hydrogens is 262 g/mol. The Bertz CT molecular complexity index is 626. The third kappa shape index (κ3) is 2.82. The molecule has 1 aliphatic heterocycles. The molecule has 1 atom stereocenters. The smallest absolute Gasteiger partial charge is 0.132 e. The fourth-order valence-electron chi connectivity index (χ4n) is 2.88. The number of hydrogen-bond donors (Lipinski definition) is 0. The van der Waals surface area contributed by atoms with E-state index in [-0.39, 0.29) is 0 Å². The standard InChI is InChI=1S/C16H21N5/c1-12-17-9-7-15(19-12)21-10-4-5-14(21)13-6-8-18-16(11-13)20(2)3/h6-9,11,14H,4-5,10H2,1-3H3/t14-/m1/s1. The van der Waals surface area contributed by atoms with E-state index in [1.54, 1.807) is 0 Å². The van der Waals surface area contributed by atoms with Crippen LogP contribution in [0.25, 0.3) is 0 Å². The van der Waals surface area contributed by atoms with Crippen LogP contribution in [0.15, 0.2) is 30.6 Å². The predicted octanol–water partition coefficient (Wildman–Crippen LogP) is 2.59. The maximum atomic E-state index is 4.58. The summed E-state index contributed by atoms with van der Waals surface area (Å²) in [6.07, 6.45) is 6.07. The molecule has 1 fully saturated rings. The van der Waals surface area contributed by atoms with Crippen molar-refractivity contribution in [3.8, 4) is 0 Å². The number of pyridine rings is 1. The zero-order valence-electron chi connectivity index (χ0n) is 12.8. The maximum Gasteiger partial charge on any atom is 0.132 e. The Morgan fingerprint density at radius 3 is 2.76 bits per heavy atom. The number of aryl methyl sites for hydroxylation is 1. The lowest BCUT2D eigenvalue weighted by molar-refractivity contribution is 0.707. The van der Waals surface area contributed by atoms with E-state index in [4.69, 9.17) is 0 Å². The molecule has 0 amide bonds. The predicted molar refractivity (Wildman–Crippen MR) is 84.7 cm³/mol. The van der Waals surface area contributed by atoms with E-state index in [1.807, 2.05) is 44.4 Å². The summed E-state index contributed by atoms with van der Waals surface area (Å²) < 4.78 is 0. The lowest BCUT2D eigenvalue weighted by atomic mass is 10.1. The third-order valence-corrected chi connectivity index (χ3v) is 3.92. The molecule has 1 aliphatic rings. The topological polar surface area (TPSA) is 45.2 Å². The van der Waals surface area contributed by atoms with Gasteiger partial charge in [-0.1, -0.05) is 0 Å². The van der Waals surface area contributed by atoms with Gasteiger partial charge >= 0.3 is 0 Å². The summed E-state index contributed by atoms with van der Waals surface area (Å²) in [7, 11) is 4.04. The van der Waals surface area contributed by atoms with Crippen LogP contribution in [0.2, 0.25) is 0 Å². The summed E-state index contributed by atoms with van der Waals surface area (Å²) in [6, 6.07) is 6.67. The number of aromatic nitrogens is 3. The first kappa shape index (κ1) is 13.8. The van der Waals surface area contributed by atoms with Crippen molar-refractivity contribution < 1.29 is 0 Å².